The molecule has 3 amide bonds. The first-order chi connectivity index (χ1) is 20.0. The topological polar surface area (TPSA) is 175 Å². The van der Waals surface area contributed by atoms with E-state index in [-0.39, 0.29) is 23.6 Å². The van der Waals surface area contributed by atoms with Gasteiger partial charge in [-0.05, 0) is 49.0 Å². The number of carbonyl (C=O) groups is 3. The Morgan fingerprint density at radius 2 is 1.67 bits per heavy atom. The van der Waals surface area contributed by atoms with Crippen LogP contribution in [0.2, 0.25) is 0 Å². The molecule has 0 unspecified atom stereocenters. The van der Waals surface area contributed by atoms with Gasteiger partial charge in [0.15, 0.2) is 9.84 Å². The third-order valence-corrected chi connectivity index (χ3v) is 8.99. The third-order valence-electron chi connectivity index (χ3n) is 6.60. The number of rotatable bonds is 18. The average Bonchev–Trinajstić information content (AvgIpc) is 2.97. The van der Waals surface area contributed by atoms with Crippen LogP contribution in [0.15, 0.2) is 54.9 Å². The molecule has 11 nitrogen and oxygen atoms in total. The molecule has 232 valence electrons. The molecule has 2 aromatic rings. The molecule has 0 fully saturated rings. The molecule has 1 aromatic heterocycles. The normalized spacial score (nSPS) is 15.1. The zero-order valence-corrected chi connectivity index (χ0v) is 25.9. The molecule has 0 radical (unpaired) electrons. The van der Waals surface area contributed by atoms with Crippen LogP contribution in [-0.4, -0.2) is 95.2 Å². The molecule has 2 rings (SSSR count). The lowest BCUT2D eigenvalue weighted by molar-refractivity contribution is -0.126. The second-order valence-electron chi connectivity index (χ2n) is 10.1. The van der Waals surface area contributed by atoms with E-state index in [2.05, 4.69) is 20.9 Å². The summed E-state index contributed by atoms with van der Waals surface area (Å²) >= 11 is 1.51. The van der Waals surface area contributed by atoms with Crippen LogP contribution in [0.4, 0.5) is 0 Å². The predicted molar refractivity (Wildman–Crippen MR) is 164 cm³/mol. The van der Waals surface area contributed by atoms with Crippen molar-refractivity contribution >= 4 is 39.3 Å². The number of carbonyl (C=O) groups excluding carboxylic acids is 3. The van der Waals surface area contributed by atoms with Gasteiger partial charge in [-0.1, -0.05) is 43.7 Å². The molecule has 13 heteroatoms. The Balaban J connectivity index is 2.38. The maximum absolute atomic E-state index is 13.6. The van der Waals surface area contributed by atoms with Crippen LogP contribution in [0.25, 0.3) is 0 Å². The fourth-order valence-electron chi connectivity index (χ4n) is 4.34. The highest BCUT2D eigenvalue weighted by Gasteiger charge is 2.36. The van der Waals surface area contributed by atoms with Gasteiger partial charge < -0.3 is 26.2 Å². The summed E-state index contributed by atoms with van der Waals surface area (Å²) in [6, 6.07) is 8.61. The molecule has 5 atom stereocenters. The van der Waals surface area contributed by atoms with Crippen LogP contribution in [0.1, 0.15) is 49.0 Å². The second-order valence-corrected chi connectivity index (χ2v) is 13.3. The van der Waals surface area contributed by atoms with Gasteiger partial charge in [0, 0.05) is 19.3 Å². The van der Waals surface area contributed by atoms with Crippen molar-refractivity contribution in [3.05, 3.63) is 66.0 Å². The van der Waals surface area contributed by atoms with Crippen molar-refractivity contribution in [1.82, 2.24) is 20.9 Å². The van der Waals surface area contributed by atoms with Gasteiger partial charge in [-0.2, -0.15) is 11.8 Å². The zero-order chi connectivity index (χ0) is 31.1. The van der Waals surface area contributed by atoms with Crippen LogP contribution in [0.5, 0.6) is 0 Å². The summed E-state index contributed by atoms with van der Waals surface area (Å²) < 4.78 is 25.7. The molecule has 0 saturated heterocycles. The Bertz CT molecular complexity index is 1230. The smallest absolute Gasteiger partial charge is 0.253 e. The van der Waals surface area contributed by atoms with Crippen LogP contribution >= 0.6 is 11.8 Å². The van der Waals surface area contributed by atoms with Gasteiger partial charge in [0.1, 0.15) is 18.2 Å². The van der Waals surface area contributed by atoms with Gasteiger partial charge in [0.25, 0.3) is 5.91 Å². The van der Waals surface area contributed by atoms with E-state index < -0.39 is 57.7 Å². The standard InChI is InChI=1S/C29H42N4O7S2/c1-4-5-16-42(39,40)19-25(33-28(37)22-12-9-14-30-18-22)29(38)32-24(17-21-10-7-6-8-11-21)27(36)26(35)23(13-15-41-3)31-20(2)34/h6-12,14,18,23-27,35-36H,4-5,13,15-17,19H2,1-3H3,(H,31,34)(H,32,38)(H,33,37)/t23-,24+,25-,26-,27-/m1/s1. The third kappa shape index (κ3) is 12.1. The minimum Gasteiger partial charge on any atom is -0.388 e. The number of pyridine rings is 1. The quantitative estimate of drug-likeness (QED) is 0.163. The van der Waals surface area contributed by atoms with E-state index in [0.29, 0.717) is 25.0 Å². The van der Waals surface area contributed by atoms with Crippen molar-refractivity contribution in [2.45, 2.75) is 69.9 Å². The lowest BCUT2D eigenvalue weighted by Gasteiger charge is -2.33. The maximum atomic E-state index is 13.6. The highest BCUT2D eigenvalue weighted by Crippen LogP contribution is 2.15. The minimum atomic E-state index is -3.74. The number of hydrogen-bond donors (Lipinski definition) is 5. The molecule has 1 heterocycles. The molecule has 0 aliphatic rings. The number of hydrogen-bond acceptors (Lipinski definition) is 9. The van der Waals surface area contributed by atoms with Gasteiger partial charge in [0.2, 0.25) is 11.8 Å². The Hall–Kier alpha value is -3.00. The van der Waals surface area contributed by atoms with E-state index in [1.807, 2.05) is 19.2 Å². The molecule has 0 aliphatic carbocycles. The Labute approximate surface area is 252 Å². The van der Waals surface area contributed by atoms with Crippen molar-refractivity contribution in [1.29, 1.82) is 0 Å². The van der Waals surface area contributed by atoms with Crippen LogP contribution in [-0.2, 0) is 25.8 Å². The first kappa shape index (κ1) is 35.2. The lowest BCUT2D eigenvalue weighted by atomic mass is 9.92. The van der Waals surface area contributed by atoms with Gasteiger partial charge in [-0.15, -0.1) is 0 Å². The number of thioether (sulfide) groups is 1. The van der Waals surface area contributed by atoms with E-state index >= 15 is 0 Å². The van der Waals surface area contributed by atoms with E-state index in [1.165, 1.54) is 43.2 Å². The predicted octanol–water partition coefficient (Wildman–Crippen LogP) is 1.10. The van der Waals surface area contributed by atoms with Crippen molar-refractivity contribution in [2.75, 3.05) is 23.5 Å². The van der Waals surface area contributed by atoms with E-state index in [9.17, 15) is 33.0 Å². The van der Waals surface area contributed by atoms with Crippen molar-refractivity contribution < 1.29 is 33.0 Å². The van der Waals surface area contributed by atoms with E-state index in [4.69, 9.17) is 0 Å². The van der Waals surface area contributed by atoms with E-state index in [1.54, 1.807) is 24.3 Å². The summed E-state index contributed by atoms with van der Waals surface area (Å²) in [6.07, 6.45) is 3.14. The average molecular weight is 623 g/mol. The van der Waals surface area contributed by atoms with Gasteiger partial charge in [-0.25, -0.2) is 8.42 Å². The minimum absolute atomic E-state index is 0.0893. The Morgan fingerprint density at radius 1 is 0.976 bits per heavy atom. The van der Waals surface area contributed by atoms with Crippen molar-refractivity contribution in [2.24, 2.45) is 0 Å². The highest BCUT2D eigenvalue weighted by atomic mass is 32.2. The SMILES string of the molecule is CCCCS(=O)(=O)C[C@@H](NC(=O)c1cccnc1)C(=O)N[C@@H](Cc1ccccc1)[C@@H](O)[C@H](O)[C@@H](CCSC)NC(C)=O. The number of nitrogens with zero attached hydrogens (tertiary/aromatic N) is 1. The summed E-state index contributed by atoms with van der Waals surface area (Å²) in [4.78, 5) is 42.3. The fraction of sp³-hybridized carbons (Fsp3) is 0.517. The molecule has 42 heavy (non-hydrogen) atoms. The number of amides is 3. The molecule has 5 N–H and O–H groups in total. The molecule has 0 aliphatic heterocycles. The molecule has 1 aromatic carbocycles. The first-order valence-electron chi connectivity index (χ1n) is 13.8. The van der Waals surface area contributed by atoms with Crippen LogP contribution in [0.3, 0.4) is 0 Å². The van der Waals surface area contributed by atoms with Crippen LogP contribution in [0, 0.1) is 0 Å². The molecule has 0 bridgehead atoms. The fourth-order valence-corrected chi connectivity index (χ4v) is 6.47. The van der Waals surface area contributed by atoms with Crippen molar-refractivity contribution in [3.8, 4) is 0 Å². The number of aliphatic hydroxyl groups is 2. The summed E-state index contributed by atoms with van der Waals surface area (Å²) in [7, 11) is -3.74. The summed E-state index contributed by atoms with van der Waals surface area (Å²) in [5.41, 5.74) is 0.880. The number of benzene rings is 1. The second kappa shape index (κ2) is 17.8. The largest absolute Gasteiger partial charge is 0.388 e. The number of aliphatic hydroxyl groups excluding tert-OH is 2. The Morgan fingerprint density at radius 3 is 2.26 bits per heavy atom. The summed E-state index contributed by atoms with van der Waals surface area (Å²) in [5, 5.41) is 30.3. The summed E-state index contributed by atoms with van der Waals surface area (Å²) in [6.45, 7) is 3.15. The van der Waals surface area contributed by atoms with E-state index in [0.717, 1.165) is 5.56 Å². The molecule has 0 spiro atoms. The zero-order valence-electron chi connectivity index (χ0n) is 24.2. The number of sulfone groups is 1. The van der Waals surface area contributed by atoms with Crippen LogP contribution < -0.4 is 16.0 Å². The van der Waals surface area contributed by atoms with Crippen molar-refractivity contribution in [3.63, 3.8) is 0 Å². The van der Waals surface area contributed by atoms with Gasteiger partial charge >= 0.3 is 0 Å². The monoisotopic (exact) mass is 622 g/mol. The van der Waals surface area contributed by atoms with Gasteiger partial charge in [0.05, 0.1) is 29.2 Å². The molecular formula is C29H42N4O7S2. The number of aromatic nitrogens is 1. The maximum Gasteiger partial charge on any atom is 0.253 e. The van der Waals surface area contributed by atoms with Gasteiger partial charge in [-0.3, -0.25) is 19.4 Å². The summed E-state index contributed by atoms with van der Waals surface area (Å²) in [5.74, 6) is -2.10. The lowest BCUT2D eigenvalue weighted by Crippen LogP contribution is -2.60. The Kier molecular flexibility index (Phi) is 15.0. The molecular weight excluding hydrogens is 580 g/mol. The molecule has 0 saturated carbocycles. The highest BCUT2D eigenvalue weighted by molar-refractivity contribution is 7.98. The first-order valence-corrected chi connectivity index (χ1v) is 17.1. The number of nitrogens with one attached hydrogen (secondary N) is 3. The number of unbranched alkanes of at least 4 members (excludes halogenated alkanes) is 1.